The molecule has 0 radical (unpaired) electrons. The fraction of sp³-hybridized carbons (Fsp3) is 0.500. The van der Waals surface area contributed by atoms with Gasteiger partial charge in [-0.1, -0.05) is 0 Å². The van der Waals surface area contributed by atoms with E-state index in [4.69, 9.17) is 5.11 Å². The van der Waals surface area contributed by atoms with E-state index in [1.54, 1.807) is 6.07 Å². The molecule has 1 aliphatic heterocycles. The summed E-state index contributed by atoms with van der Waals surface area (Å²) in [7, 11) is 0. The van der Waals surface area contributed by atoms with Crippen LogP contribution in [-0.2, 0) is 0 Å². The Labute approximate surface area is 93.3 Å². The molecule has 0 amide bonds. The molecule has 0 bridgehead atoms. The summed E-state index contributed by atoms with van der Waals surface area (Å²) in [5, 5.41) is 19.8. The van der Waals surface area contributed by atoms with E-state index < -0.39 is 5.97 Å². The molecule has 1 aliphatic rings. The van der Waals surface area contributed by atoms with E-state index in [1.165, 1.54) is 6.20 Å². The molecule has 86 valence electrons. The summed E-state index contributed by atoms with van der Waals surface area (Å²) < 4.78 is 0. The fourth-order valence-corrected chi connectivity index (χ4v) is 1.70. The van der Waals surface area contributed by atoms with Crippen LogP contribution in [-0.4, -0.2) is 47.5 Å². The van der Waals surface area contributed by atoms with Crippen LogP contribution in [0.15, 0.2) is 12.3 Å². The van der Waals surface area contributed by atoms with Crippen molar-refractivity contribution in [3.8, 4) is 0 Å². The van der Waals surface area contributed by atoms with Crippen LogP contribution in [0, 0.1) is 0 Å². The fourth-order valence-electron chi connectivity index (χ4n) is 1.70. The van der Waals surface area contributed by atoms with Crippen molar-refractivity contribution in [3.63, 3.8) is 0 Å². The molecule has 0 aromatic carbocycles. The maximum absolute atomic E-state index is 10.8. The number of carboxylic acid groups (broad SMARTS) is 1. The van der Waals surface area contributed by atoms with Crippen LogP contribution in [0.2, 0.25) is 0 Å². The number of hydrogen-bond donors (Lipinski definition) is 2. The second kappa shape index (κ2) is 4.89. The predicted octanol–water partition coefficient (Wildman–Crippen LogP) is -0.0255. The summed E-state index contributed by atoms with van der Waals surface area (Å²) >= 11 is 0. The van der Waals surface area contributed by atoms with Gasteiger partial charge in [-0.25, -0.2) is 4.79 Å². The van der Waals surface area contributed by atoms with E-state index in [0.717, 1.165) is 32.6 Å². The largest absolute Gasteiger partial charge is 0.478 e. The SMILES string of the molecule is O=C(O)c1cnnc(N2CCCNCC2)c1. The van der Waals surface area contributed by atoms with Gasteiger partial charge in [-0.2, -0.15) is 5.10 Å². The minimum atomic E-state index is -0.968. The highest BCUT2D eigenvalue weighted by atomic mass is 16.4. The summed E-state index contributed by atoms with van der Waals surface area (Å²) in [4.78, 5) is 12.9. The topological polar surface area (TPSA) is 78.3 Å². The first-order valence-electron chi connectivity index (χ1n) is 5.29. The van der Waals surface area contributed by atoms with Gasteiger partial charge >= 0.3 is 5.97 Å². The molecule has 6 heteroatoms. The van der Waals surface area contributed by atoms with E-state index in [0.29, 0.717) is 5.82 Å². The van der Waals surface area contributed by atoms with E-state index in [1.807, 2.05) is 0 Å². The molecule has 2 heterocycles. The van der Waals surface area contributed by atoms with Crippen molar-refractivity contribution in [1.82, 2.24) is 15.5 Å². The van der Waals surface area contributed by atoms with Crippen molar-refractivity contribution in [2.45, 2.75) is 6.42 Å². The molecule has 2 N–H and O–H groups in total. The molecule has 1 fully saturated rings. The predicted molar refractivity (Wildman–Crippen MR) is 58.7 cm³/mol. The monoisotopic (exact) mass is 222 g/mol. The molecule has 0 atom stereocenters. The number of rotatable bonds is 2. The third-order valence-corrected chi connectivity index (χ3v) is 2.55. The van der Waals surface area contributed by atoms with Crippen molar-refractivity contribution in [2.24, 2.45) is 0 Å². The quantitative estimate of drug-likeness (QED) is 0.732. The molecule has 2 rings (SSSR count). The van der Waals surface area contributed by atoms with E-state index in [2.05, 4.69) is 20.4 Å². The third-order valence-electron chi connectivity index (χ3n) is 2.55. The summed E-state index contributed by atoms with van der Waals surface area (Å²) in [6.07, 6.45) is 2.29. The molecular formula is C10H14N4O2. The lowest BCUT2D eigenvalue weighted by molar-refractivity contribution is 0.0696. The van der Waals surface area contributed by atoms with Gasteiger partial charge < -0.3 is 15.3 Å². The zero-order valence-corrected chi connectivity index (χ0v) is 8.89. The molecule has 1 saturated heterocycles. The van der Waals surface area contributed by atoms with Gasteiger partial charge in [0.1, 0.15) is 0 Å². The first-order chi connectivity index (χ1) is 7.77. The van der Waals surface area contributed by atoms with Crippen LogP contribution in [0.3, 0.4) is 0 Å². The van der Waals surface area contributed by atoms with Gasteiger partial charge in [-0.15, -0.1) is 5.10 Å². The van der Waals surface area contributed by atoms with Crippen LogP contribution in [0.4, 0.5) is 5.82 Å². The molecule has 6 nitrogen and oxygen atoms in total. The van der Waals surface area contributed by atoms with Crippen LogP contribution < -0.4 is 10.2 Å². The Morgan fingerprint density at radius 1 is 1.44 bits per heavy atom. The first kappa shape index (κ1) is 10.8. The standard InChI is InChI=1S/C10H14N4O2/c15-10(16)8-6-9(13-12-7-8)14-4-1-2-11-3-5-14/h6-7,11H,1-5H2,(H,15,16). The number of hydrogen-bond acceptors (Lipinski definition) is 5. The minimum Gasteiger partial charge on any atom is -0.478 e. The second-order valence-electron chi connectivity index (χ2n) is 3.70. The van der Waals surface area contributed by atoms with Crippen molar-refractivity contribution in [2.75, 3.05) is 31.1 Å². The van der Waals surface area contributed by atoms with Gasteiger partial charge in [-0.3, -0.25) is 0 Å². The molecule has 0 saturated carbocycles. The van der Waals surface area contributed by atoms with Crippen molar-refractivity contribution in [3.05, 3.63) is 17.8 Å². The van der Waals surface area contributed by atoms with Crippen LogP contribution >= 0.6 is 0 Å². The van der Waals surface area contributed by atoms with E-state index >= 15 is 0 Å². The smallest absolute Gasteiger partial charge is 0.337 e. The van der Waals surface area contributed by atoms with Crippen molar-refractivity contribution < 1.29 is 9.90 Å². The highest BCUT2D eigenvalue weighted by Crippen LogP contribution is 2.12. The van der Waals surface area contributed by atoms with E-state index in [-0.39, 0.29) is 5.56 Å². The number of carbonyl (C=O) groups is 1. The van der Waals surface area contributed by atoms with Gasteiger partial charge in [-0.05, 0) is 19.0 Å². The average molecular weight is 222 g/mol. The molecule has 1 aromatic rings. The Morgan fingerprint density at radius 3 is 3.12 bits per heavy atom. The van der Waals surface area contributed by atoms with Gasteiger partial charge in [0.25, 0.3) is 0 Å². The van der Waals surface area contributed by atoms with Gasteiger partial charge in [0.2, 0.25) is 0 Å². The molecule has 16 heavy (non-hydrogen) atoms. The van der Waals surface area contributed by atoms with E-state index in [9.17, 15) is 4.79 Å². The number of aromatic nitrogens is 2. The number of anilines is 1. The van der Waals surface area contributed by atoms with Crippen molar-refractivity contribution in [1.29, 1.82) is 0 Å². The van der Waals surface area contributed by atoms with Gasteiger partial charge in [0, 0.05) is 19.6 Å². The lowest BCUT2D eigenvalue weighted by Gasteiger charge is -2.20. The zero-order chi connectivity index (χ0) is 11.4. The lowest BCUT2D eigenvalue weighted by atomic mass is 10.3. The lowest BCUT2D eigenvalue weighted by Crippen LogP contribution is -2.29. The Hall–Kier alpha value is -1.69. The summed E-state index contributed by atoms with van der Waals surface area (Å²) in [6, 6.07) is 1.57. The number of carboxylic acids is 1. The maximum atomic E-state index is 10.8. The maximum Gasteiger partial charge on any atom is 0.337 e. The summed E-state index contributed by atoms with van der Waals surface area (Å²) in [6.45, 7) is 3.59. The van der Waals surface area contributed by atoms with Gasteiger partial charge in [0.15, 0.2) is 5.82 Å². The average Bonchev–Trinajstić information content (AvgIpc) is 2.57. The number of aromatic carboxylic acids is 1. The Kier molecular flexibility index (Phi) is 3.31. The first-order valence-corrected chi connectivity index (χ1v) is 5.29. The van der Waals surface area contributed by atoms with Crippen molar-refractivity contribution >= 4 is 11.8 Å². The Balaban J connectivity index is 2.18. The highest BCUT2D eigenvalue weighted by molar-refractivity contribution is 5.87. The second-order valence-corrected chi connectivity index (χ2v) is 3.70. The molecule has 0 unspecified atom stereocenters. The molecule has 0 spiro atoms. The molecule has 1 aromatic heterocycles. The third kappa shape index (κ3) is 2.46. The molecular weight excluding hydrogens is 208 g/mol. The number of nitrogens with one attached hydrogen (secondary N) is 1. The van der Waals surface area contributed by atoms with Crippen LogP contribution in [0.25, 0.3) is 0 Å². The Bertz CT molecular complexity index is 375. The zero-order valence-electron chi connectivity index (χ0n) is 8.89. The van der Waals surface area contributed by atoms with Gasteiger partial charge in [0.05, 0.1) is 11.8 Å². The summed E-state index contributed by atoms with van der Waals surface area (Å²) in [5.74, 6) is -0.326. The normalized spacial score (nSPS) is 16.9. The Morgan fingerprint density at radius 2 is 2.31 bits per heavy atom. The van der Waals surface area contributed by atoms with Crippen LogP contribution in [0.5, 0.6) is 0 Å². The van der Waals surface area contributed by atoms with Crippen LogP contribution in [0.1, 0.15) is 16.8 Å². The molecule has 0 aliphatic carbocycles. The number of nitrogens with zero attached hydrogens (tertiary/aromatic N) is 3. The highest BCUT2D eigenvalue weighted by Gasteiger charge is 2.13. The summed E-state index contributed by atoms with van der Waals surface area (Å²) in [5.41, 5.74) is 0.183. The minimum absolute atomic E-state index is 0.183.